The summed E-state index contributed by atoms with van der Waals surface area (Å²) in [6.07, 6.45) is 1.42. The third-order valence-corrected chi connectivity index (χ3v) is 5.82. The number of halogens is 2. The zero-order valence-corrected chi connectivity index (χ0v) is 21.3. The van der Waals surface area contributed by atoms with E-state index in [9.17, 15) is 14.4 Å². The molecule has 38 heavy (non-hydrogen) atoms. The molecule has 0 heterocycles. The van der Waals surface area contributed by atoms with E-state index in [0.717, 1.165) is 11.1 Å². The SMILES string of the molecule is Cc1ccc(COc2ccc(NC(=O)/C(C#N)=C/c3cc(Cl)ccc3OCc3ccc(F)cc3)cc2)cc1. The molecule has 0 fully saturated rings. The summed E-state index contributed by atoms with van der Waals surface area (Å²) in [6.45, 7) is 2.64. The number of nitrogens with zero attached hydrogens (tertiary/aromatic N) is 1. The topological polar surface area (TPSA) is 71.3 Å². The van der Waals surface area contributed by atoms with Crippen LogP contribution in [0.3, 0.4) is 0 Å². The predicted octanol–water partition coefficient (Wildman–Crippen LogP) is 7.49. The van der Waals surface area contributed by atoms with Crippen molar-refractivity contribution in [3.8, 4) is 17.6 Å². The first-order valence-corrected chi connectivity index (χ1v) is 12.2. The van der Waals surface area contributed by atoms with Gasteiger partial charge in [0.05, 0.1) is 0 Å². The van der Waals surface area contributed by atoms with Gasteiger partial charge >= 0.3 is 0 Å². The number of amides is 1. The van der Waals surface area contributed by atoms with Crippen LogP contribution in [0.4, 0.5) is 10.1 Å². The van der Waals surface area contributed by atoms with Gasteiger partial charge in [0.2, 0.25) is 0 Å². The van der Waals surface area contributed by atoms with Crippen molar-refractivity contribution in [1.29, 1.82) is 5.26 Å². The van der Waals surface area contributed by atoms with Gasteiger partial charge in [0, 0.05) is 16.3 Å². The summed E-state index contributed by atoms with van der Waals surface area (Å²) in [7, 11) is 0. The molecule has 0 bridgehead atoms. The lowest BCUT2D eigenvalue weighted by atomic mass is 10.1. The monoisotopic (exact) mass is 526 g/mol. The molecule has 0 radical (unpaired) electrons. The summed E-state index contributed by atoms with van der Waals surface area (Å²) < 4.78 is 24.8. The summed E-state index contributed by atoms with van der Waals surface area (Å²) in [5, 5.41) is 12.8. The van der Waals surface area contributed by atoms with Crippen molar-refractivity contribution < 1.29 is 18.7 Å². The Hall–Kier alpha value is -4.60. The van der Waals surface area contributed by atoms with Gasteiger partial charge in [-0.15, -0.1) is 0 Å². The van der Waals surface area contributed by atoms with Gasteiger partial charge < -0.3 is 14.8 Å². The molecule has 0 aliphatic rings. The predicted molar refractivity (Wildman–Crippen MR) is 146 cm³/mol. The number of hydrogen-bond acceptors (Lipinski definition) is 4. The second-order valence-electron chi connectivity index (χ2n) is 8.52. The van der Waals surface area contributed by atoms with E-state index in [0.29, 0.717) is 34.4 Å². The highest BCUT2D eigenvalue weighted by Gasteiger charge is 2.13. The van der Waals surface area contributed by atoms with Crippen molar-refractivity contribution in [3.05, 3.63) is 130 Å². The molecule has 4 aromatic carbocycles. The van der Waals surface area contributed by atoms with Crippen molar-refractivity contribution in [2.45, 2.75) is 20.1 Å². The smallest absolute Gasteiger partial charge is 0.266 e. The number of benzene rings is 4. The summed E-state index contributed by atoms with van der Waals surface area (Å²) in [6, 6.07) is 27.8. The number of hydrogen-bond donors (Lipinski definition) is 1. The minimum Gasteiger partial charge on any atom is -0.489 e. The van der Waals surface area contributed by atoms with E-state index in [1.54, 1.807) is 54.6 Å². The van der Waals surface area contributed by atoms with Crippen LogP contribution in [0.5, 0.6) is 11.5 Å². The molecular formula is C31H24ClFN2O3. The minimum atomic E-state index is -0.578. The largest absolute Gasteiger partial charge is 0.489 e. The second-order valence-corrected chi connectivity index (χ2v) is 8.96. The maximum atomic E-state index is 13.2. The molecule has 1 amide bonds. The minimum absolute atomic E-state index is 0.126. The van der Waals surface area contributed by atoms with Gasteiger partial charge in [-0.05, 0) is 78.7 Å². The van der Waals surface area contributed by atoms with Gasteiger partial charge in [-0.1, -0.05) is 53.6 Å². The number of rotatable bonds is 9. The average Bonchev–Trinajstić information content (AvgIpc) is 2.92. The molecule has 7 heteroatoms. The first-order valence-electron chi connectivity index (χ1n) is 11.8. The second kappa shape index (κ2) is 12.6. The number of aryl methyl sites for hydroxylation is 1. The van der Waals surface area contributed by atoms with Crippen LogP contribution in [0, 0.1) is 24.1 Å². The molecule has 4 aromatic rings. The van der Waals surface area contributed by atoms with Gasteiger partial charge in [-0.3, -0.25) is 4.79 Å². The Labute approximate surface area is 225 Å². The van der Waals surface area contributed by atoms with Crippen molar-refractivity contribution in [2.24, 2.45) is 0 Å². The van der Waals surface area contributed by atoms with Gasteiger partial charge in [0.15, 0.2) is 0 Å². The number of anilines is 1. The highest BCUT2D eigenvalue weighted by molar-refractivity contribution is 6.30. The summed E-state index contributed by atoms with van der Waals surface area (Å²) in [4.78, 5) is 12.8. The summed E-state index contributed by atoms with van der Waals surface area (Å²) >= 11 is 6.15. The van der Waals surface area contributed by atoms with Crippen LogP contribution in [0.1, 0.15) is 22.3 Å². The zero-order chi connectivity index (χ0) is 26.9. The number of nitrogens with one attached hydrogen (secondary N) is 1. The Morgan fingerprint density at radius 1 is 0.921 bits per heavy atom. The van der Waals surface area contributed by atoms with Crippen LogP contribution in [-0.4, -0.2) is 5.91 Å². The first-order chi connectivity index (χ1) is 18.4. The number of ether oxygens (including phenoxy) is 2. The first kappa shape index (κ1) is 26.5. The van der Waals surface area contributed by atoms with Crippen molar-refractivity contribution in [1.82, 2.24) is 0 Å². The van der Waals surface area contributed by atoms with Gasteiger partial charge in [0.25, 0.3) is 5.91 Å². The van der Waals surface area contributed by atoms with E-state index in [4.69, 9.17) is 21.1 Å². The molecule has 190 valence electrons. The van der Waals surface area contributed by atoms with E-state index >= 15 is 0 Å². The Bertz CT molecular complexity index is 1480. The Kier molecular flexibility index (Phi) is 8.76. The molecule has 0 aliphatic carbocycles. The molecular weight excluding hydrogens is 503 g/mol. The lowest BCUT2D eigenvalue weighted by molar-refractivity contribution is -0.112. The number of carbonyl (C=O) groups excluding carboxylic acids is 1. The Balaban J connectivity index is 1.41. The zero-order valence-electron chi connectivity index (χ0n) is 20.6. The van der Waals surface area contributed by atoms with Gasteiger partial charge in [-0.2, -0.15) is 5.26 Å². The fourth-order valence-corrected chi connectivity index (χ4v) is 3.67. The normalized spacial score (nSPS) is 10.9. The van der Waals surface area contributed by atoms with Crippen LogP contribution in [-0.2, 0) is 18.0 Å². The molecule has 0 atom stereocenters. The third-order valence-electron chi connectivity index (χ3n) is 5.58. The van der Waals surface area contributed by atoms with Crippen molar-refractivity contribution >= 4 is 29.3 Å². The van der Waals surface area contributed by atoms with Crippen molar-refractivity contribution in [3.63, 3.8) is 0 Å². The Morgan fingerprint density at radius 3 is 2.21 bits per heavy atom. The molecule has 0 saturated carbocycles. The van der Waals surface area contributed by atoms with Crippen LogP contribution in [0.2, 0.25) is 5.02 Å². The lowest BCUT2D eigenvalue weighted by Crippen LogP contribution is -2.13. The number of nitriles is 1. The average molecular weight is 527 g/mol. The number of carbonyl (C=O) groups is 1. The molecule has 0 aliphatic heterocycles. The Morgan fingerprint density at radius 2 is 1.55 bits per heavy atom. The summed E-state index contributed by atoms with van der Waals surface area (Å²) in [5.41, 5.74) is 3.85. The molecule has 5 nitrogen and oxygen atoms in total. The van der Waals surface area contributed by atoms with Crippen LogP contribution < -0.4 is 14.8 Å². The highest BCUT2D eigenvalue weighted by atomic mass is 35.5. The standard InChI is InChI=1S/C31H24ClFN2O3/c1-21-2-4-22(5-3-21)19-37-29-13-11-28(12-14-29)35-31(36)25(18-34)16-24-17-26(32)8-15-30(24)38-20-23-6-9-27(33)10-7-23/h2-17H,19-20H2,1H3,(H,35,36)/b25-16+. The highest BCUT2D eigenvalue weighted by Crippen LogP contribution is 2.27. The van der Waals surface area contributed by atoms with E-state index in [1.165, 1.54) is 23.8 Å². The third kappa shape index (κ3) is 7.45. The fraction of sp³-hybridized carbons (Fsp3) is 0.0968. The van der Waals surface area contributed by atoms with Gasteiger partial charge in [0.1, 0.15) is 42.2 Å². The maximum absolute atomic E-state index is 13.2. The van der Waals surface area contributed by atoms with Crippen LogP contribution in [0.15, 0.2) is 96.6 Å². The molecule has 0 unspecified atom stereocenters. The van der Waals surface area contributed by atoms with Crippen LogP contribution >= 0.6 is 11.6 Å². The maximum Gasteiger partial charge on any atom is 0.266 e. The fourth-order valence-electron chi connectivity index (χ4n) is 3.49. The van der Waals surface area contributed by atoms with E-state index in [-0.39, 0.29) is 18.0 Å². The lowest BCUT2D eigenvalue weighted by Gasteiger charge is -2.11. The molecule has 0 saturated heterocycles. The molecule has 1 N–H and O–H groups in total. The molecule has 0 spiro atoms. The summed E-state index contributed by atoms with van der Waals surface area (Å²) in [5.74, 6) is 0.166. The molecule has 0 aromatic heterocycles. The quantitative estimate of drug-likeness (QED) is 0.181. The van der Waals surface area contributed by atoms with Gasteiger partial charge in [-0.25, -0.2) is 4.39 Å². The van der Waals surface area contributed by atoms with Crippen molar-refractivity contribution in [2.75, 3.05) is 5.32 Å². The van der Waals surface area contributed by atoms with Crippen LogP contribution in [0.25, 0.3) is 6.08 Å². The van der Waals surface area contributed by atoms with E-state index in [2.05, 4.69) is 5.32 Å². The van der Waals surface area contributed by atoms with E-state index < -0.39 is 5.91 Å². The van der Waals surface area contributed by atoms with E-state index in [1.807, 2.05) is 37.3 Å². The molecule has 4 rings (SSSR count).